The molecule has 2 N–H and O–H groups in total. The molecule has 1 unspecified atom stereocenters. The fraction of sp³-hybridized carbons (Fsp3) is 0.462. The summed E-state index contributed by atoms with van der Waals surface area (Å²) in [5.74, 6) is -0.603. The number of nitrogens with one attached hydrogen (secondary N) is 2. The van der Waals surface area contributed by atoms with Crippen LogP contribution in [0.15, 0.2) is 18.2 Å². The largest absolute Gasteiger partial charge is 0.383 e. The molecule has 0 aliphatic rings. The molecule has 1 aromatic carbocycles. The van der Waals surface area contributed by atoms with E-state index in [9.17, 15) is 9.18 Å². The van der Waals surface area contributed by atoms with Crippen LogP contribution in [0.4, 0.5) is 4.39 Å². The highest BCUT2D eigenvalue weighted by Crippen LogP contribution is 2.20. The molecule has 0 radical (unpaired) electrons. The highest BCUT2D eigenvalue weighted by atomic mass is 35.5. The number of halogens is 3. The van der Waals surface area contributed by atoms with Gasteiger partial charge in [0.25, 0.3) is 0 Å². The van der Waals surface area contributed by atoms with Crippen LogP contribution in [0.25, 0.3) is 0 Å². The van der Waals surface area contributed by atoms with Gasteiger partial charge in [0.15, 0.2) is 0 Å². The van der Waals surface area contributed by atoms with Crippen molar-refractivity contribution in [3.05, 3.63) is 34.6 Å². The summed E-state index contributed by atoms with van der Waals surface area (Å²) in [6.07, 6.45) is 0. The van der Waals surface area contributed by atoms with Crippen LogP contribution in [0.3, 0.4) is 0 Å². The molecule has 0 aliphatic carbocycles. The van der Waals surface area contributed by atoms with E-state index in [1.807, 2.05) is 6.92 Å². The van der Waals surface area contributed by atoms with Crippen LogP contribution in [0.2, 0.25) is 5.02 Å². The van der Waals surface area contributed by atoms with Crippen molar-refractivity contribution in [2.24, 2.45) is 0 Å². The normalized spacial score (nSPS) is 11.6. The Morgan fingerprint density at radius 3 is 2.80 bits per heavy atom. The van der Waals surface area contributed by atoms with Crippen LogP contribution in [0.5, 0.6) is 0 Å². The molecule has 0 aromatic heterocycles. The van der Waals surface area contributed by atoms with E-state index in [-0.39, 0.29) is 35.9 Å². The second-order valence-corrected chi connectivity index (χ2v) is 4.54. The van der Waals surface area contributed by atoms with Crippen LogP contribution in [0.1, 0.15) is 18.5 Å². The molecule has 0 fully saturated rings. The molecule has 1 atom stereocenters. The first-order chi connectivity index (χ1) is 9.04. The first-order valence-electron chi connectivity index (χ1n) is 5.98. The lowest BCUT2D eigenvalue weighted by atomic mass is 10.1. The number of methoxy groups -OCH3 is 1. The van der Waals surface area contributed by atoms with Crippen LogP contribution < -0.4 is 10.6 Å². The third-order valence-electron chi connectivity index (χ3n) is 2.59. The van der Waals surface area contributed by atoms with Gasteiger partial charge in [-0.1, -0.05) is 17.7 Å². The van der Waals surface area contributed by atoms with E-state index in [1.54, 1.807) is 13.2 Å². The van der Waals surface area contributed by atoms with Gasteiger partial charge in [0.05, 0.1) is 24.2 Å². The van der Waals surface area contributed by atoms with Crippen LogP contribution >= 0.6 is 24.0 Å². The van der Waals surface area contributed by atoms with Crippen molar-refractivity contribution in [1.29, 1.82) is 0 Å². The Balaban J connectivity index is 0.00000361. The summed E-state index contributed by atoms with van der Waals surface area (Å²) in [4.78, 5) is 11.6. The maximum absolute atomic E-state index is 13.0. The van der Waals surface area contributed by atoms with Crippen molar-refractivity contribution in [3.63, 3.8) is 0 Å². The van der Waals surface area contributed by atoms with E-state index >= 15 is 0 Å². The molecule has 1 aromatic rings. The quantitative estimate of drug-likeness (QED) is 0.757. The van der Waals surface area contributed by atoms with E-state index in [0.717, 1.165) is 5.56 Å². The molecule has 1 rings (SSSR count). The minimum Gasteiger partial charge on any atom is -0.383 e. The van der Waals surface area contributed by atoms with E-state index in [0.29, 0.717) is 13.2 Å². The Morgan fingerprint density at radius 1 is 1.50 bits per heavy atom. The maximum atomic E-state index is 13.0. The van der Waals surface area contributed by atoms with Gasteiger partial charge in [-0.05, 0) is 24.6 Å². The molecule has 20 heavy (non-hydrogen) atoms. The van der Waals surface area contributed by atoms with Gasteiger partial charge >= 0.3 is 0 Å². The zero-order chi connectivity index (χ0) is 14.3. The van der Waals surface area contributed by atoms with E-state index in [1.165, 1.54) is 12.1 Å². The summed E-state index contributed by atoms with van der Waals surface area (Å²) in [5.41, 5.74) is 0.761. The van der Waals surface area contributed by atoms with Gasteiger partial charge in [0.2, 0.25) is 5.91 Å². The number of amides is 1. The highest BCUT2D eigenvalue weighted by molar-refractivity contribution is 6.30. The molecular weight excluding hydrogens is 306 g/mol. The van der Waals surface area contributed by atoms with Crippen molar-refractivity contribution < 1.29 is 13.9 Å². The Hall–Kier alpha value is -0.880. The van der Waals surface area contributed by atoms with Gasteiger partial charge in [0, 0.05) is 13.7 Å². The SMILES string of the molecule is COCCNCC(=O)NC(C)c1ccc(F)c(Cl)c1.Cl. The Morgan fingerprint density at radius 2 is 2.20 bits per heavy atom. The zero-order valence-corrected chi connectivity index (χ0v) is 13.0. The summed E-state index contributed by atoms with van der Waals surface area (Å²) in [5, 5.41) is 5.79. The second kappa shape index (κ2) is 9.94. The molecule has 0 saturated heterocycles. The summed E-state index contributed by atoms with van der Waals surface area (Å²) in [6.45, 7) is 3.19. The number of rotatable bonds is 7. The number of hydrogen-bond acceptors (Lipinski definition) is 3. The molecule has 114 valence electrons. The topological polar surface area (TPSA) is 50.4 Å². The predicted molar refractivity (Wildman–Crippen MR) is 80.0 cm³/mol. The number of hydrogen-bond donors (Lipinski definition) is 2. The smallest absolute Gasteiger partial charge is 0.234 e. The average molecular weight is 325 g/mol. The Bertz CT molecular complexity index is 433. The Labute approximate surface area is 129 Å². The molecule has 7 heteroatoms. The molecular formula is C13H19Cl2FN2O2. The third-order valence-corrected chi connectivity index (χ3v) is 2.88. The van der Waals surface area contributed by atoms with Crippen molar-refractivity contribution in [2.45, 2.75) is 13.0 Å². The van der Waals surface area contributed by atoms with E-state index in [2.05, 4.69) is 10.6 Å². The summed E-state index contributed by atoms with van der Waals surface area (Å²) >= 11 is 5.70. The lowest BCUT2D eigenvalue weighted by Crippen LogP contribution is -2.36. The summed E-state index contributed by atoms with van der Waals surface area (Å²) in [7, 11) is 1.60. The molecule has 4 nitrogen and oxygen atoms in total. The zero-order valence-electron chi connectivity index (χ0n) is 11.4. The number of ether oxygens (including phenoxy) is 1. The summed E-state index contributed by atoms with van der Waals surface area (Å²) < 4.78 is 17.9. The standard InChI is InChI=1S/C13H18ClFN2O2.ClH/c1-9(10-3-4-12(15)11(14)7-10)17-13(18)8-16-5-6-19-2;/h3-4,7,9,16H,5-6,8H2,1-2H3,(H,17,18);1H. The fourth-order valence-electron chi connectivity index (χ4n) is 1.53. The van der Waals surface area contributed by atoms with Gasteiger partial charge in [0.1, 0.15) is 5.82 Å². The van der Waals surface area contributed by atoms with Gasteiger partial charge < -0.3 is 15.4 Å². The van der Waals surface area contributed by atoms with Crippen molar-refractivity contribution in [2.75, 3.05) is 26.8 Å². The van der Waals surface area contributed by atoms with Gasteiger partial charge in [-0.15, -0.1) is 12.4 Å². The Kier molecular flexibility index (Phi) is 9.50. The van der Waals surface area contributed by atoms with Gasteiger partial charge in [-0.2, -0.15) is 0 Å². The first kappa shape index (κ1) is 19.1. The highest BCUT2D eigenvalue weighted by Gasteiger charge is 2.11. The minimum atomic E-state index is -0.467. The van der Waals surface area contributed by atoms with Gasteiger partial charge in [-0.25, -0.2) is 4.39 Å². The van der Waals surface area contributed by atoms with Gasteiger partial charge in [-0.3, -0.25) is 4.79 Å². The second-order valence-electron chi connectivity index (χ2n) is 4.13. The fourth-order valence-corrected chi connectivity index (χ4v) is 1.72. The molecule has 0 heterocycles. The van der Waals surface area contributed by atoms with Crippen LogP contribution in [-0.2, 0) is 9.53 Å². The van der Waals surface area contributed by atoms with E-state index < -0.39 is 5.82 Å². The summed E-state index contributed by atoms with van der Waals surface area (Å²) in [6, 6.07) is 4.18. The molecule has 0 saturated carbocycles. The predicted octanol–water partition coefficient (Wildman–Crippen LogP) is 2.31. The third kappa shape index (κ3) is 6.52. The number of benzene rings is 1. The van der Waals surface area contributed by atoms with Crippen LogP contribution in [-0.4, -0.2) is 32.7 Å². The maximum Gasteiger partial charge on any atom is 0.234 e. The molecule has 0 aliphatic heterocycles. The number of carbonyl (C=O) groups excluding carboxylic acids is 1. The minimum absolute atomic E-state index is 0. The van der Waals surface area contributed by atoms with Crippen molar-refractivity contribution >= 4 is 29.9 Å². The molecule has 1 amide bonds. The first-order valence-corrected chi connectivity index (χ1v) is 6.36. The van der Waals surface area contributed by atoms with E-state index in [4.69, 9.17) is 16.3 Å². The molecule has 0 spiro atoms. The van der Waals surface area contributed by atoms with Crippen molar-refractivity contribution in [1.82, 2.24) is 10.6 Å². The van der Waals surface area contributed by atoms with Crippen molar-refractivity contribution in [3.8, 4) is 0 Å². The lowest BCUT2D eigenvalue weighted by molar-refractivity contribution is -0.120. The lowest BCUT2D eigenvalue weighted by Gasteiger charge is -2.15. The van der Waals surface area contributed by atoms with Crippen LogP contribution in [0, 0.1) is 5.82 Å². The molecule has 0 bridgehead atoms. The average Bonchev–Trinajstić information content (AvgIpc) is 2.38. The number of carbonyl (C=O) groups is 1. The monoisotopic (exact) mass is 324 g/mol.